The van der Waals surface area contributed by atoms with Crippen LogP contribution < -0.4 is 11.1 Å². The molecule has 1 saturated heterocycles. The van der Waals surface area contributed by atoms with E-state index in [0.29, 0.717) is 12.4 Å². The lowest BCUT2D eigenvalue weighted by atomic mass is 9.46. The molecule has 2 aliphatic rings. The van der Waals surface area contributed by atoms with Gasteiger partial charge in [-0.3, -0.25) is 9.48 Å². The van der Waals surface area contributed by atoms with Gasteiger partial charge in [0.1, 0.15) is 11.9 Å². The fourth-order valence-electron chi connectivity index (χ4n) is 3.81. The summed E-state index contributed by atoms with van der Waals surface area (Å²) >= 11 is 0. The number of amides is 1. The van der Waals surface area contributed by atoms with Crippen molar-refractivity contribution in [3.8, 4) is 0 Å². The van der Waals surface area contributed by atoms with Gasteiger partial charge in [-0.1, -0.05) is 13.8 Å². The van der Waals surface area contributed by atoms with E-state index < -0.39 is 5.54 Å². The third kappa shape index (κ3) is 1.98. The number of aromatic nitrogens is 3. The van der Waals surface area contributed by atoms with E-state index in [-0.39, 0.29) is 23.3 Å². The maximum Gasteiger partial charge on any atom is 0.241 e. The Bertz CT molecular complexity index is 555. The average Bonchev–Trinajstić information content (AvgIpc) is 2.89. The minimum atomic E-state index is -0.882. The van der Waals surface area contributed by atoms with Gasteiger partial charge in [0.2, 0.25) is 5.91 Å². The van der Waals surface area contributed by atoms with Crippen molar-refractivity contribution in [1.29, 1.82) is 0 Å². The van der Waals surface area contributed by atoms with Crippen LogP contribution in [0.25, 0.3) is 0 Å². The first-order valence-electron chi connectivity index (χ1n) is 7.40. The van der Waals surface area contributed by atoms with Crippen LogP contribution >= 0.6 is 0 Å². The standard InChI is InChI=1S/C14H23N5O2/c1-13(2)11-9(5-4-6-21-11)14(13,15)12(20)16-7-10-17-8-19(3)18-10/h8-9,11H,4-7,15H2,1-3H3,(H,16,20). The van der Waals surface area contributed by atoms with Crippen molar-refractivity contribution in [2.75, 3.05) is 6.61 Å². The molecular weight excluding hydrogens is 270 g/mol. The van der Waals surface area contributed by atoms with Crippen molar-refractivity contribution in [2.45, 2.75) is 44.9 Å². The van der Waals surface area contributed by atoms with E-state index in [1.54, 1.807) is 18.1 Å². The molecule has 0 bridgehead atoms. The Labute approximate surface area is 124 Å². The van der Waals surface area contributed by atoms with Crippen LogP contribution in [0.5, 0.6) is 0 Å². The molecule has 1 aromatic rings. The molecule has 2 fully saturated rings. The fraction of sp³-hybridized carbons (Fsp3) is 0.786. The fourth-order valence-corrected chi connectivity index (χ4v) is 3.81. The van der Waals surface area contributed by atoms with E-state index in [4.69, 9.17) is 10.5 Å². The molecule has 0 spiro atoms. The summed E-state index contributed by atoms with van der Waals surface area (Å²) in [5.74, 6) is 0.549. The zero-order valence-corrected chi connectivity index (χ0v) is 12.8. The van der Waals surface area contributed by atoms with Gasteiger partial charge in [0, 0.05) is 25.0 Å². The Hall–Kier alpha value is -1.47. The average molecular weight is 293 g/mol. The molecule has 7 heteroatoms. The van der Waals surface area contributed by atoms with Crippen LogP contribution in [0.3, 0.4) is 0 Å². The Balaban J connectivity index is 1.70. The molecule has 1 aliphatic heterocycles. The van der Waals surface area contributed by atoms with Crippen molar-refractivity contribution in [2.24, 2.45) is 24.1 Å². The molecule has 0 aromatic carbocycles. The van der Waals surface area contributed by atoms with Crippen LogP contribution in [0, 0.1) is 11.3 Å². The van der Waals surface area contributed by atoms with Crippen LogP contribution in [0.15, 0.2) is 6.33 Å². The van der Waals surface area contributed by atoms with Gasteiger partial charge < -0.3 is 15.8 Å². The van der Waals surface area contributed by atoms with Gasteiger partial charge in [-0.15, -0.1) is 0 Å². The van der Waals surface area contributed by atoms with Crippen molar-refractivity contribution in [3.05, 3.63) is 12.2 Å². The minimum absolute atomic E-state index is 0.0787. The molecule has 21 heavy (non-hydrogen) atoms. The number of nitrogens with two attached hydrogens (primary N) is 1. The van der Waals surface area contributed by atoms with Crippen molar-refractivity contribution in [1.82, 2.24) is 20.1 Å². The van der Waals surface area contributed by atoms with Crippen molar-refractivity contribution >= 4 is 5.91 Å². The Morgan fingerprint density at radius 2 is 2.38 bits per heavy atom. The molecule has 1 amide bonds. The van der Waals surface area contributed by atoms with E-state index in [1.165, 1.54) is 0 Å². The lowest BCUT2D eigenvalue weighted by Gasteiger charge is -2.65. The van der Waals surface area contributed by atoms with Crippen LogP contribution in [0.2, 0.25) is 0 Å². The SMILES string of the molecule is Cn1cnc(CNC(=O)C2(N)C3CCCOC3C2(C)C)n1. The van der Waals surface area contributed by atoms with Gasteiger partial charge in [0.05, 0.1) is 12.6 Å². The van der Waals surface area contributed by atoms with Gasteiger partial charge in [-0.25, -0.2) is 4.98 Å². The number of carbonyl (C=O) groups is 1. The summed E-state index contributed by atoms with van der Waals surface area (Å²) in [7, 11) is 1.79. The second-order valence-electron chi connectivity index (χ2n) is 6.65. The second kappa shape index (κ2) is 4.78. The normalized spacial score (nSPS) is 33.9. The summed E-state index contributed by atoms with van der Waals surface area (Å²) in [5.41, 5.74) is 5.27. The highest BCUT2D eigenvalue weighted by Gasteiger charge is 2.70. The summed E-state index contributed by atoms with van der Waals surface area (Å²) in [6.45, 7) is 5.09. The number of nitrogens with zero attached hydrogens (tertiary/aromatic N) is 3. The molecule has 116 valence electrons. The van der Waals surface area contributed by atoms with E-state index in [9.17, 15) is 4.79 Å². The van der Waals surface area contributed by atoms with Crippen LogP contribution in [0.4, 0.5) is 0 Å². The van der Waals surface area contributed by atoms with Gasteiger partial charge in [0.15, 0.2) is 5.82 Å². The maximum absolute atomic E-state index is 12.6. The first-order chi connectivity index (χ1) is 9.87. The van der Waals surface area contributed by atoms with E-state index in [2.05, 4.69) is 15.4 Å². The first-order valence-corrected chi connectivity index (χ1v) is 7.40. The van der Waals surface area contributed by atoms with Gasteiger partial charge >= 0.3 is 0 Å². The number of ether oxygens (including phenoxy) is 1. The summed E-state index contributed by atoms with van der Waals surface area (Å²) in [6, 6.07) is 0. The molecule has 3 N–H and O–H groups in total. The smallest absolute Gasteiger partial charge is 0.241 e. The molecule has 2 heterocycles. The van der Waals surface area contributed by atoms with Crippen LogP contribution in [0.1, 0.15) is 32.5 Å². The summed E-state index contributed by atoms with van der Waals surface area (Å²) in [5, 5.41) is 7.04. The molecule has 1 aromatic heterocycles. The molecule has 3 rings (SSSR count). The molecule has 7 nitrogen and oxygen atoms in total. The lowest BCUT2D eigenvalue weighted by molar-refractivity contribution is -0.225. The highest BCUT2D eigenvalue weighted by molar-refractivity contribution is 5.89. The number of nitrogens with one attached hydrogen (secondary N) is 1. The quantitative estimate of drug-likeness (QED) is 0.815. The maximum atomic E-state index is 12.6. The number of carbonyl (C=O) groups excluding carboxylic acids is 1. The number of aryl methyl sites for hydroxylation is 1. The zero-order chi connectivity index (χ0) is 15.3. The topological polar surface area (TPSA) is 95.1 Å². The predicted octanol–water partition coefficient (Wildman–Crippen LogP) is -0.0362. The molecular formula is C14H23N5O2. The monoisotopic (exact) mass is 293 g/mol. The van der Waals surface area contributed by atoms with Crippen LogP contribution in [-0.4, -0.2) is 38.9 Å². The Morgan fingerprint density at radius 3 is 3.05 bits per heavy atom. The Morgan fingerprint density at radius 1 is 1.62 bits per heavy atom. The predicted molar refractivity (Wildman–Crippen MR) is 76.0 cm³/mol. The number of hydrogen-bond acceptors (Lipinski definition) is 5. The third-order valence-electron chi connectivity index (χ3n) is 5.11. The third-order valence-corrected chi connectivity index (χ3v) is 5.11. The highest BCUT2D eigenvalue weighted by atomic mass is 16.5. The van der Waals surface area contributed by atoms with Gasteiger partial charge in [-0.05, 0) is 12.8 Å². The highest BCUT2D eigenvalue weighted by Crippen LogP contribution is 2.57. The molecule has 1 aliphatic carbocycles. The number of fused-ring (bicyclic) bond motifs is 1. The summed E-state index contributed by atoms with van der Waals surface area (Å²) in [6.07, 6.45) is 3.60. The minimum Gasteiger partial charge on any atom is -0.377 e. The van der Waals surface area contributed by atoms with E-state index in [0.717, 1.165) is 19.4 Å². The van der Waals surface area contributed by atoms with E-state index >= 15 is 0 Å². The summed E-state index contributed by atoms with van der Waals surface area (Å²) < 4.78 is 7.42. The van der Waals surface area contributed by atoms with Crippen molar-refractivity contribution < 1.29 is 9.53 Å². The largest absolute Gasteiger partial charge is 0.377 e. The first kappa shape index (κ1) is 14.5. The second-order valence-corrected chi connectivity index (χ2v) is 6.65. The summed E-state index contributed by atoms with van der Waals surface area (Å²) in [4.78, 5) is 16.7. The number of hydrogen-bond donors (Lipinski definition) is 2. The zero-order valence-electron chi connectivity index (χ0n) is 12.8. The Kier molecular flexibility index (Phi) is 3.29. The van der Waals surface area contributed by atoms with E-state index in [1.807, 2.05) is 13.8 Å². The number of rotatable bonds is 3. The molecule has 3 unspecified atom stereocenters. The van der Waals surface area contributed by atoms with Crippen LogP contribution in [-0.2, 0) is 23.1 Å². The van der Waals surface area contributed by atoms with Crippen molar-refractivity contribution in [3.63, 3.8) is 0 Å². The lowest BCUT2D eigenvalue weighted by Crippen LogP contribution is -2.82. The van der Waals surface area contributed by atoms with Gasteiger partial charge in [0.25, 0.3) is 0 Å². The van der Waals surface area contributed by atoms with Gasteiger partial charge in [-0.2, -0.15) is 5.10 Å². The molecule has 0 radical (unpaired) electrons. The molecule has 3 atom stereocenters. The molecule has 1 saturated carbocycles.